The number of rotatable bonds is 6. The van der Waals surface area contributed by atoms with E-state index in [2.05, 4.69) is 15.6 Å². The number of guanidine groups is 1. The summed E-state index contributed by atoms with van der Waals surface area (Å²) in [6.07, 6.45) is 1.47. The van der Waals surface area contributed by atoms with Gasteiger partial charge in [-0.2, -0.15) is 0 Å². The van der Waals surface area contributed by atoms with Gasteiger partial charge in [-0.05, 0) is 31.9 Å². The second-order valence-electron chi connectivity index (χ2n) is 5.76. The summed E-state index contributed by atoms with van der Waals surface area (Å²) in [5.74, 6) is 1.95. The number of halogens is 1. The van der Waals surface area contributed by atoms with Crippen molar-refractivity contribution in [1.82, 2.24) is 10.6 Å². The van der Waals surface area contributed by atoms with Gasteiger partial charge in [0.05, 0.1) is 18.1 Å². The monoisotopic (exact) mass is 467 g/mol. The number of hydrogen-bond acceptors (Lipinski definition) is 4. The molecule has 0 spiro atoms. The minimum absolute atomic E-state index is 0. The predicted octanol–water partition coefficient (Wildman–Crippen LogP) is 1.73. The summed E-state index contributed by atoms with van der Waals surface area (Å²) in [5.41, 5.74) is 1.21. The van der Waals surface area contributed by atoms with Crippen LogP contribution in [-0.4, -0.2) is 52.1 Å². The fourth-order valence-corrected chi connectivity index (χ4v) is 4.07. The lowest BCUT2D eigenvalue weighted by Gasteiger charge is -2.16. The number of benzene rings is 1. The molecule has 1 heterocycles. The Morgan fingerprint density at radius 2 is 2.04 bits per heavy atom. The zero-order valence-corrected chi connectivity index (χ0v) is 17.3. The molecule has 1 fully saturated rings. The Bertz CT molecular complexity index is 632. The molecule has 136 valence electrons. The second kappa shape index (κ2) is 10.1. The maximum atomic E-state index is 11.4. The third-order valence-corrected chi connectivity index (χ3v) is 5.47. The molecule has 1 aliphatic heterocycles. The standard InChI is InChI=1S/C16H25N3O3S.HI/c1-13-4-6-15(7-5-13)22-10-3-9-18-16(17-2)19-14-8-11-23(20,21)12-14;/h4-7,14H,3,8-12H2,1-2H3,(H2,17,18,19);1H. The molecule has 8 heteroatoms. The van der Waals surface area contributed by atoms with Crippen molar-refractivity contribution in [3.63, 3.8) is 0 Å². The SMILES string of the molecule is CN=C(NCCCOc1ccc(C)cc1)NC1CCS(=O)(=O)C1.I. The van der Waals surface area contributed by atoms with Crippen molar-refractivity contribution in [2.45, 2.75) is 25.8 Å². The molecule has 2 N–H and O–H groups in total. The Balaban J connectivity index is 0.00000288. The summed E-state index contributed by atoms with van der Waals surface area (Å²) in [6.45, 7) is 3.37. The topological polar surface area (TPSA) is 79.8 Å². The number of nitrogens with one attached hydrogen (secondary N) is 2. The van der Waals surface area contributed by atoms with Crippen LogP contribution in [0, 0.1) is 6.92 Å². The Labute approximate surface area is 161 Å². The summed E-state index contributed by atoms with van der Waals surface area (Å²) in [6, 6.07) is 7.92. The molecule has 2 rings (SSSR count). The molecule has 0 saturated carbocycles. The highest BCUT2D eigenvalue weighted by atomic mass is 127. The average Bonchev–Trinajstić information content (AvgIpc) is 2.86. The lowest BCUT2D eigenvalue weighted by molar-refractivity contribution is 0.311. The van der Waals surface area contributed by atoms with E-state index in [-0.39, 0.29) is 41.5 Å². The maximum Gasteiger partial charge on any atom is 0.191 e. The summed E-state index contributed by atoms with van der Waals surface area (Å²) >= 11 is 0. The third kappa shape index (κ3) is 7.25. The van der Waals surface area contributed by atoms with Gasteiger partial charge in [-0.1, -0.05) is 17.7 Å². The van der Waals surface area contributed by atoms with Crippen LogP contribution in [0.25, 0.3) is 0 Å². The van der Waals surface area contributed by atoms with Gasteiger partial charge in [0, 0.05) is 19.6 Å². The predicted molar refractivity (Wildman–Crippen MR) is 108 cm³/mol. The molecule has 1 aromatic carbocycles. The van der Waals surface area contributed by atoms with Gasteiger partial charge in [0.2, 0.25) is 0 Å². The van der Waals surface area contributed by atoms with Crippen LogP contribution in [0.3, 0.4) is 0 Å². The van der Waals surface area contributed by atoms with E-state index in [1.807, 2.05) is 31.2 Å². The highest BCUT2D eigenvalue weighted by Crippen LogP contribution is 2.12. The molecule has 1 saturated heterocycles. The van der Waals surface area contributed by atoms with Gasteiger partial charge in [0.1, 0.15) is 5.75 Å². The molecule has 1 aliphatic rings. The van der Waals surface area contributed by atoms with Crippen LogP contribution in [0.2, 0.25) is 0 Å². The Hall–Kier alpha value is -1.03. The first-order chi connectivity index (χ1) is 11.0. The molecule has 1 aromatic rings. The minimum Gasteiger partial charge on any atom is -0.494 e. The van der Waals surface area contributed by atoms with Crippen molar-refractivity contribution in [2.75, 3.05) is 31.7 Å². The summed E-state index contributed by atoms with van der Waals surface area (Å²) in [7, 11) is -1.20. The van der Waals surface area contributed by atoms with Crippen molar-refractivity contribution in [1.29, 1.82) is 0 Å². The molecule has 0 amide bonds. The first-order valence-electron chi connectivity index (χ1n) is 7.85. The minimum atomic E-state index is -2.88. The number of aryl methyl sites for hydroxylation is 1. The van der Waals surface area contributed by atoms with E-state index in [1.54, 1.807) is 7.05 Å². The van der Waals surface area contributed by atoms with E-state index in [0.717, 1.165) is 12.2 Å². The second-order valence-corrected chi connectivity index (χ2v) is 7.99. The molecule has 0 bridgehead atoms. The number of sulfone groups is 1. The van der Waals surface area contributed by atoms with Crippen molar-refractivity contribution in [2.24, 2.45) is 4.99 Å². The Morgan fingerprint density at radius 3 is 2.62 bits per heavy atom. The fourth-order valence-electron chi connectivity index (χ4n) is 2.40. The zero-order chi connectivity index (χ0) is 16.7. The Kier molecular flexibility index (Phi) is 8.82. The van der Waals surface area contributed by atoms with Crippen molar-refractivity contribution in [3.8, 4) is 5.75 Å². The third-order valence-electron chi connectivity index (χ3n) is 3.70. The van der Waals surface area contributed by atoms with Gasteiger partial charge >= 0.3 is 0 Å². The van der Waals surface area contributed by atoms with E-state index in [0.29, 0.717) is 25.5 Å². The van der Waals surface area contributed by atoms with E-state index in [1.165, 1.54) is 5.56 Å². The molecule has 0 radical (unpaired) electrons. The van der Waals surface area contributed by atoms with Crippen LogP contribution in [0.5, 0.6) is 5.75 Å². The number of ether oxygens (including phenoxy) is 1. The van der Waals surface area contributed by atoms with Gasteiger partial charge in [-0.3, -0.25) is 4.99 Å². The highest BCUT2D eigenvalue weighted by molar-refractivity contribution is 14.0. The molecule has 1 atom stereocenters. The first-order valence-corrected chi connectivity index (χ1v) is 9.68. The molecule has 1 unspecified atom stereocenters. The van der Waals surface area contributed by atoms with Gasteiger partial charge in [-0.25, -0.2) is 8.42 Å². The Morgan fingerprint density at radius 1 is 1.33 bits per heavy atom. The van der Waals surface area contributed by atoms with Gasteiger partial charge in [0.15, 0.2) is 15.8 Å². The largest absolute Gasteiger partial charge is 0.494 e. The van der Waals surface area contributed by atoms with Crippen LogP contribution in [0.15, 0.2) is 29.3 Å². The first kappa shape index (κ1) is 21.0. The lowest BCUT2D eigenvalue weighted by atomic mass is 10.2. The van der Waals surface area contributed by atoms with Crippen molar-refractivity contribution < 1.29 is 13.2 Å². The summed E-state index contributed by atoms with van der Waals surface area (Å²) in [5, 5.41) is 6.34. The highest BCUT2D eigenvalue weighted by Gasteiger charge is 2.28. The van der Waals surface area contributed by atoms with Gasteiger partial charge in [-0.15, -0.1) is 24.0 Å². The van der Waals surface area contributed by atoms with Crippen LogP contribution in [0.4, 0.5) is 0 Å². The van der Waals surface area contributed by atoms with E-state index in [4.69, 9.17) is 4.74 Å². The van der Waals surface area contributed by atoms with E-state index in [9.17, 15) is 8.42 Å². The van der Waals surface area contributed by atoms with Gasteiger partial charge in [0.25, 0.3) is 0 Å². The molecule has 6 nitrogen and oxygen atoms in total. The summed E-state index contributed by atoms with van der Waals surface area (Å²) < 4.78 is 28.6. The smallest absolute Gasteiger partial charge is 0.191 e. The fraction of sp³-hybridized carbons (Fsp3) is 0.562. The molecule has 24 heavy (non-hydrogen) atoms. The average molecular weight is 467 g/mol. The van der Waals surface area contributed by atoms with Crippen LogP contribution >= 0.6 is 24.0 Å². The number of aliphatic imine (C=N–C) groups is 1. The van der Waals surface area contributed by atoms with Crippen molar-refractivity contribution in [3.05, 3.63) is 29.8 Å². The molecular formula is C16H26IN3O3S. The summed E-state index contributed by atoms with van der Waals surface area (Å²) in [4.78, 5) is 4.12. The van der Waals surface area contributed by atoms with Crippen molar-refractivity contribution >= 4 is 39.8 Å². The van der Waals surface area contributed by atoms with Crippen LogP contribution in [-0.2, 0) is 9.84 Å². The number of hydrogen-bond donors (Lipinski definition) is 2. The van der Waals surface area contributed by atoms with E-state index >= 15 is 0 Å². The molecular weight excluding hydrogens is 441 g/mol. The molecule has 0 aromatic heterocycles. The van der Waals surface area contributed by atoms with E-state index < -0.39 is 9.84 Å². The number of nitrogens with zero attached hydrogens (tertiary/aromatic N) is 1. The maximum absolute atomic E-state index is 11.4. The quantitative estimate of drug-likeness (QED) is 0.289. The normalized spacial score (nSPS) is 19.4. The molecule has 0 aliphatic carbocycles. The zero-order valence-electron chi connectivity index (χ0n) is 14.1. The lowest BCUT2D eigenvalue weighted by Crippen LogP contribution is -2.44. The van der Waals surface area contributed by atoms with Crippen LogP contribution < -0.4 is 15.4 Å². The van der Waals surface area contributed by atoms with Gasteiger partial charge < -0.3 is 15.4 Å². The van der Waals surface area contributed by atoms with Crippen LogP contribution in [0.1, 0.15) is 18.4 Å².